The van der Waals surface area contributed by atoms with E-state index in [0.29, 0.717) is 5.56 Å². The molecule has 6 nitrogen and oxygen atoms in total. The van der Waals surface area contributed by atoms with Crippen molar-refractivity contribution in [3.8, 4) is 0 Å². The Kier molecular flexibility index (Phi) is 5.65. The standard InChI is InChI=1S/C19H26N2O4S2/c1-4-12-8-9-13-6-5-7-15(13)17(12)20-18(22)21-27(24,25)16-10-14(11-26-16)19(2,3)23/h8-11,18,20-23H,4-7H2,1-3H3. The summed E-state index contributed by atoms with van der Waals surface area (Å²) in [7, 11) is -3.91. The maximum absolute atomic E-state index is 12.6. The van der Waals surface area contributed by atoms with Gasteiger partial charge < -0.3 is 15.5 Å². The van der Waals surface area contributed by atoms with E-state index < -0.39 is 22.0 Å². The highest BCUT2D eigenvalue weighted by Crippen LogP contribution is 2.33. The van der Waals surface area contributed by atoms with Gasteiger partial charge in [-0.05, 0) is 73.2 Å². The molecule has 0 bridgehead atoms. The number of benzene rings is 1. The molecule has 1 heterocycles. The highest BCUT2D eigenvalue weighted by Gasteiger charge is 2.26. The molecule has 1 aromatic heterocycles. The largest absolute Gasteiger partial charge is 0.386 e. The first kappa shape index (κ1) is 20.3. The second-order valence-corrected chi connectivity index (χ2v) is 10.2. The molecule has 0 radical (unpaired) electrons. The highest BCUT2D eigenvalue weighted by atomic mass is 32.2. The number of aliphatic hydroxyl groups excluding tert-OH is 1. The molecule has 8 heteroatoms. The first-order valence-corrected chi connectivity index (χ1v) is 11.4. The number of aliphatic hydroxyl groups is 2. The van der Waals surface area contributed by atoms with Crippen molar-refractivity contribution in [3.63, 3.8) is 0 Å². The van der Waals surface area contributed by atoms with Crippen LogP contribution in [-0.2, 0) is 34.9 Å². The maximum atomic E-state index is 12.6. The number of nitrogens with one attached hydrogen (secondary N) is 2. The Hall–Kier alpha value is -1.45. The number of hydrogen-bond acceptors (Lipinski definition) is 6. The second-order valence-electron chi connectivity index (χ2n) is 7.33. The number of hydrogen-bond donors (Lipinski definition) is 4. The van der Waals surface area contributed by atoms with Gasteiger partial charge in [0.1, 0.15) is 4.21 Å². The third kappa shape index (κ3) is 4.35. The van der Waals surface area contributed by atoms with Gasteiger partial charge in [0.25, 0.3) is 10.0 Å². The smallest absolute Gasteiger partial charge is 0.253 e. The molecule has 148 valence electrons. The average molecular weight is 411 g/mol. The highest BCUT2D eigenvalue weighted by molar-refractivity contribution is 7.91. The SMILES string of the molecule is CCc1ccc2c(c1NC(O)NS(=O)(=O)c1cc(C(C)(C)O)cs1)CCC2. The van der Waals surface area contributed by atoms with E-state index in [1.54, 1.807) is 19.2 Å². The van der Waals surface area contributed by atoms with Gasteiger partial charge in [0, 0.05) is 5.69 Å². The molecule has 0 fully saturated rings. The maximum Gasteiger partial charge on any atom is 0.253 e. The molecular weight excluding hydrogens is 384 g/mol. The van der Waals surface area contributed by atoms with Gasteiger partial charge in [-0.15, -0.1) is 11.3 Å². The molecule has 27 heavy (non-hydrogen) atoms. The molecule has 0 saturated carbocycles. The zero-order valence-corrected chi connectivity index (χ0v) is 17.4. The summed E-state index contributed by atoms with van der Waals surface area (Å²) < 4.78 is 27.5. The molecule has 0 aliphatic heterocycles. The van der Waals surface area contributed by atoms with Crippen molar-refractivity contribution in [2.45, 2.75) is 62.6 Å². The minimum atomic E-state index is -3.91. The minimum Gasteiger partial charge on any atom is -0.386 e. The van der Waals surface area contributed by atoms with Crippen LogP contribution in [0, 0.1) is 0 Å². The van der Waals surface area contributed by atoms with E-state index in [1.807, 2.05) is 13.0 Å². The number of anilines is 1. The first-order chi connectivity index (χ1) is 12.6. The van der Waals surface area contributed by atoms with Crippen molar-refractivity contribution in [3.05, 3.63) is 45.8 Å². The molecule has 2 aromatic rings. The fraction of sp³-hybridized carbons (Fsp3) is 0.474. The fourth-order valence-electron chi connectivity index (χ4n) is 3.34. The predicted molar refractivity (Wildman–Crippen MR) is 107 cm³/mol. The zero-order chi connectivity index (χ0) is 19.8. The number of sulfonamides is 1. The van der Waals surface area contributed by atoms with Gasteiger partial charge in [-0.1, -0.05) is 19.1 Å². The summed E-state index contributed by atoms with van der Waals surface area (Å²) in [6.07, 6.45) is 2.33. The molecule has 1 aliphatic carbocycles. The number of thiophene rings is 1. The van der Waals surface area contributed by atoms with E-state index in [4.69, 9.17) is 0 Å². The first-order valence-electron chi connectivity index (χ1n) is 9.04. The van der Waals surface area contributed by atoms with Gasteiger partial charge in [-0.2, -0.15) is 4.72 Å². The molecule has 0 saturated heterocycles. The van der Waals surface area contributed by atoms with E-state index in [0.717, 1.165) is 53.8 Å². The lowest BCUT2D eigenvalue weighted by molar-refractivity contribution is 0.0789. The Morgan fingerprint density at radius 3 is 2.67 bits per heavy atom. The lowest BCUT2D eigenvalue weighted by atomic mass is 10.0. The van der Waals surface area contributed by atoms with E-state index >= 15 is 0 Å². The van der Waals surface area contributed by atoms with Crippen LogP contribution < -0.4 is 10.0 Å². The summed E-state index contributed by atoms with van der Waals surface area (Å²) in [5, 5.41) is 24.9. The number of fused-ring (bicyclic) bond motifs is 1. The van der Waals surface area contributed by atoms with Crippen molar-refractivity contribution in [1.82, 2.24) is 4.72 Å². The van der Waals surface area contributed by atoms with Gasteiger partial charge in [-0.3, -0.25) is 0 Å². The monoisotopic (exact) mass is 410 g/mol. The Morgan fingerprint density at radius 2 is 2.04 bits per heavy atom. The molecule has 0 amide bonds. The molecule has 1 atom stereocenters. The fourth-order valence-corrected chi connectivity index (χ4v) is 5.68. The molecule has 4 N–H and O–H groups in total. The second kappa shape index (κ2) is 7.52. The van der Waals surface area contributed by atoms with Crippen LogP contribution in [-0.4, -0.2) is 25.0 Å². The van der Waals surface area contributed by atoms with Gasteiger partial charge in [0.05, 0.1) is 5.60 Å². The van der Waals surface area contributed by atoms with Crippen molar-refractivity contribution in [2.75, 3.05) is 5.32 Å². The topological polar surface area (TPSA) is 98.7 Å². The lowest BCUT2D eigenvalue weighted by Gasteiger charge is -2.20. The molecular formula is C19H26N2O4S2. The van der Waals surface area contributed by atoms with Gasteiger partial charge in [0.2, 0.25) is 0 Å². The zero-order valence-electron chi connectivity index (χ0n) is 15.7. The van der Waals surface area contributed by atoms with Crippen molar-refractivity contribution in [1.29, 1.82) is 0 Å². The van der Waals surface area contributed by atoms with Crippen LogP contribution in [0.25, 0.3) is 0 Å². The Bertz CT molecular complexity index is 930. The quantitative estimate of drug-likeness (QED) is 0.526. The van der Waals surface area contributed by atoms with E-state index in [2.05, 4.69) is 16.1 Å². The van der Waals surface area contributed by atoms with Crippen LogP contribution in [0.3, 0.4) is 0 Å². The third-order valence-electron chi connectivity index (χ3n) is 4.84. The Balaban J connectivity index is 1.79. The third-order valence-corrected chi connectivity index (χ3v) is 7.69. The Morgan fingerprint density at radius 1 is 1.30 bits per heavy atom. The average Bonchev–Trinajstić information content (AvgIpc) is 3.24. The summed E-state index contributed by atoms with van der Waals surface area (Å²) in [6, 6.07) is 5.58. The Labute approximate surface area is 164 Å². The van der Waals surface area contributed by atoms with Crippen LogP contribution in [0.15, 0.2) is 27.8 Å². The normalized spacial score (nSPS) is 15.6. The number of aryl methyl sites for hydroxylation is 2. The van der Waals surface area contributed by atoms with Crippen molar-refractivity contribution in [2.24, 2.45) is 0 Å². The van der Waals surface area contributed by atoms with Crippen LogP contribution >= 0.6 is 11.3 Å². The van der Waals surface area contributed by atoms with Gasteiger partial charge >= 0.3 is 0 Å². The predicted octanol–water partition coefficient (Wildman–Crippen LogP) is 2.69. The summed E-state index contributed by atoms with van der Waals surface area (Å²) in [4.78, 5) is 0. The van der Waals surface area contributed by atoms with E-state index in [1.165, 1.54) is 11.6 Å². The molecule has 0 spiro atoms. The van der Waals surface area contributed by atoms with E-state index in [-0.39, 0.29) is 4.21 Å². The van der Waals surface area contributed by atoms with Gasteiger partial charge in [0.15, 0.2) is 6.35 Å². The van der Waals surface area contributed by atoms with Crippen LogP contribution in [0.5, 0.6) is 0 Å². The molecule has 1 unspecified atom stereocenters. The minimum absolute atomic E-state index is 0.0504. The molecule has 3 rings (SSSR count). The molecule has 1 aliphatic rings. The number of rotatable bonds is 7. The summed E-state index contributed by atoms with van der Waals surface area (Å²) >= 11 is 1.01. The summed E-state index contributed by atoms with van der Waals surface area (Å²) in [5.74, 6) is 0. The van der Waals surface area contributed by atoms with Crippen LogP contribution in [0.4, 0.5) is 5.69 Å². The van der Waals surface area contributed by atoms with Crippen molar-refractivity contribution < 1.29 is 18.6 Å². The lowest BCUT2D eigenvalue weighted by Crippen LogP contribution is -2.40. The summed E-state index contributed by atoms with van der Waals surface area (Å²) in [6.45, 7) is 5.22. The van der Waals surface area contributed by atoms with E-state index in [9.17, 15) is 18.6 Å². The molecule has 1 aromatic carbocycles. The summed E-state index contributed by atoms with van der Waals surface area (Å²) in [5.41, 5.74) is 3.68. The van der Waals surface area contributed by atoms with Crippen molar-refractivity contribution >= 4 is 27.0 Å². The van der Waals surface area contributed by atoms with Crippen LogP contribution in [0.2, 0.25) is 0 Å². The van der Waals surface area contributed by atoms with Gasteiger partial charge in [-0.25, -0.2) is 8.42 Å². The van der Waals surface area contributed by atoms with Crippen LogP contribution in [0.1, 0.15) is 49.4 Å².